The average molecular weight is 341 g/mol. The first-order valence-electron chi connectivity index (χ1n) is 6.80. The van der Waals surface area contributed by atoms with E-state index in [1.807, 2.05) is 6.92 Å². The van der Waals surface area contributed by atoms with E-state index in [-0.39, 0.29) is 4.90 Å². The Kier molecular flexibility index (Phi) is 5.26. The predicted molar refractivity (Wildman–Crippen MR) is 87.0 cm³/mol. The van der Waals surface area contributed by atoms with E-state index in [0.29, 0.717) is 23.1 Å². The Morgan fingerprint density at radius 1 is 1.36 bits per heavy atom. The van der Waals surface area contributed by atoms with Gasteiger partial charge in [-0.3, -0.25) is 9.71 Å². The molecule has 0 amide bonds. The second-order valence-corrected chi connectivity index (χ2v) is 6.80. The van der Waals surface area contributed by atoms with Gasteiger partial charge in [0.25, 0.3) is 10.0 Å². The Morgan fingerprint density at radius 2 is 2.14 bits per heavy atom. The zero-order valence-electron chi connectivity index (χ0n) is 12.3. The molecule has 0 radical (unpaired) electrons. The predicted octanol–water partition coefficient (Wildman–Crippen LogP) is 3.63. The highest BCUT2D eigenvalue weighted by molar-refractivity contribution is 7.92. The molecule has 5 nitrogen and oxygen atoms in total. The molecule has 7 heteroatoms. The summed E-state index contributed by atoms with van der Waals surface area (Å²) in [7, 11) is -3.81. The summed E-state index contributed by atoms with van der Waals surface area (Å²) in [6, 6.07) is 6.30. The molecule has 1 N–H and O–H groups in total. The Morgan fingerprint density at radius 3 is 2.77 bits per heavy atom. The highest BCUT2D eigenvalue weighted by Gasteiger charge is 2.21. The van der Waals surface area contributed by atoms with Crippen molar-refractivity contribution in [2.24, 2.45) is 0 Å². The summed E-state index contributed by atoms with van der Waals surface area (Å²) in [4.78, 5) is 3.90. The molecule has 2 rings (SSSR count). The van der Waals surface area contributed by atoms with E-state index in [9.17, 15) is 8.42 Å². The van der Waals surface area contributed by atoms with Gasteiger partial charge in [0.15, 0.2) is 0 Å². The highest BCUT2D eigenvalue weighted by atomic mass is 35.5. The van der Waals surface area contributed by atoms with E-state index in [0.717, 1.165) is 12.0 Å². The molecule has 0 saturated heterocycles. The standard InChI is InChI=1S/C15H17ClN2O3S/c1-3-7-21-14-8-11(2)13(16)9-15(14)22(19,20)18-12-5-4-6-17-10-12/h4-6,8-10,18H,3,7H2,1-2H3. The molecule has 1 aromatic heterocycles. The molecule has 22 heavy (non-hydrogen) atoms. The van der Waals surface area contributed by atoms with Gasteiger partial charge in [-0.15, -0.1) is 0 Å². The molecule has 1 heterocycles. The summed E-state index contributed by atoms with van der Waals surface area (Å²) in [5, 5.41) is 0.371. The van der Waals surface area contributed by atoms with Crippen LogP contribution in [0.5, 0.6) is 5.75 Å². The fraction of sp³-hybridized carbons (Fsp3) is 0.267. The molecular formula is C15H17ClN2O3S. The van der Waals surface area contributed by atoms with Crippen LogP contribution in [0.2, 0.25) is 5.02 Å². The minimum atomic E-state index is -3.81. The number of ether oxygens (including phenoxy) is 1. The Hall–Kier alpha value is -1.79. The first kappa shape index (κ1) is 16.6. The molecule has 0 aliphatic rings. The molecule has 1 aromatic carbocycles. The number of hydrogen-bond acceptors (Lipinski definition) is 4. The van der Waals surface area contributed by atoms with E-state index in [2.05, 4.69) is 9.71 Å². The maximum absolute atomic E-state index is 12.6. The lowest BCUT2D eigenvalue weighted by molar-refractivity contribution is 0.309. The van der Waals surface area contributed by atoms with Gasteiger partial charge in [-0.05, 0) is 43.2 Å². The second-order valence-electron chi connectivity index (χ2n) is 4.74. The maximum Gasteiger partial charge on any atom is 0.265 e. The highest BCUT2D eigenvalue weighted by Crippen LogP contribution is 2.31. The molecule has 0 aliphatic heterocycles. The summed E-state index contributed by atoms with van der Waals surface area (Å²) in [5.41, 5.74) is 1.13. The summed E-state index contributed by atoms with van der Waals surface area (Å²) < 4.78 is 33.2. The number of pyridine rings is 1. The van der Waals surface area contributed by atoms with Gasteiger partial charge in [0.2, 0.25) is 0 Å². The van der Waals surface area contributed by atoms with E-state index < -0.39 is 10.0 Å². The van der Waals surface area contributed by atoms with Crippen LogP contribution in [0.25, 0.3) is 0 Å². The smallest absolute Gasteiger partial charge is 0.265 e. The first-order chi connectivity index (χ1) is 10.4. The van der Waals surface area contributed by atoms with Crippen molar-refractivity contribution in [3.05, 3.63) is 47.2 Å². The number of anilines is 1. The first-order valence-corrected chi connectivity index (χ1v) is 8.66. The molecule has 0 bridgehead atoms. The van der Waals surface area contributed by atoms with Crippen LogP contribution < -0.4 is 9.46 Å². The third-order valence-corrected chi connectivity index (χ3v) is 4.70. The quantitative estimate of drug-likeness (QED) is 0.871. The molecule has 118 valence electrons. The van der Waals surface area contributed by atoms with E-state index in [1.165, 1.54) is 12.3 Å². The van der Waals surface area contributed by atoms with Gasteiger partial charge >= 0.3 is 0 Å². The maximum atomic E-state index is 12.6. The largest absolute Gasteiger partial charge is 0.492 e. The zero-order valence-corrected chi connectivity index (χ0v) is 13.9. The van der Waals surface area contributed by atoms with Gasteiger partial charge in [-0.2, -0.15) is 0 Å². The number of rotatable bonds is 6. The minimum absolute atomic E-state index is 0.0143. The molecular weight excluding hydrogens is 324 g/mol. The fourth-order valence-corrected chi connectivity index (χ4v) is 3.23. The molecule has 0 aliphatic carbocycles. The monoisotopic (exact) mass is 340 g/mol. The summed E-state index contributed by atoms with van der Waals surface area (Å²) >= 11 is 6.07. The van der Waals surface area contributed by atoms with Crippen molar-refractivity contribution >= 4 is 27.3 Å². The van der Waals surface area contributed by atoms with Gasteiger partial charge in [0, 0.05) is 11.2 Å². The number of nitrogens with one attached hydrogen (secondary N) is 1. The number of sulfonamides is 1. The van der Waals surface area contributed by atoms with Crippen LogP contribution in [0.15, 0.2) is 41.6 Å². The van der Waals surface area contributed by atoms with E-state index in [4.69, 9.17) is 16.3 Å². The molecule has 0 saturated carbocycles. The number of hydrogen-bond donors (Lipinski definition) is 1. The van der Waals surface area contributed by atoms with Crippen LogP contribution in [-0.2, 0) is 10.0 Å². The summed E-state index contributed by atoms with van der Waals surface area (Å²) in [6.07, 6.45) is 3.77. The van der Waals surface area contributed by atoms with Crippen molar-refractivity contribution in [3.8, 4) is 5.75 Å². The third-order valence-electron chi connectivity index (χ3n) is 2.89. The SMILES string of the molecule is CCCOc1cc(C)c(Cl)cc1S(=O)(=O)Nc1cccnc1. The number of nitrogens with zero attached hydrogens (tertiary/aromatic N) is 1. The number of benzene rings is 1. The van der Waals surface area contributed by atoms with Gasteiger partial charge in [-0.25, -0.2) is 8.42 Å². The topological polar surface area (TPSA) is 68.3 Å². The lowest BCUT2D eigenvalue weighted by Crippen LogP contribution is -2.15. The van der Waals surface area contributed by atoms with Crippen LogP contribution in [0.1, 0.15) is 18.9 Å². The summed E-state index contributed by atoms with van der Waals surface area (Å²) in [5.74, 6) is 0.292. The van der Waals surface area contributed by atoms with Gasteiger partial charge in [0.1, 0.15) is 10.6 Å². The molecule has 0 fully saturated rings. The number of aryl methyl sites for hydroxylation is 1. The normalized spacial score (nSPS) is 11.2. The zero-order chi connectivity index (χ0) is 16.2. The number of aromatic nitrogens is 1. The Labute approximate surface area is 135 Å². The van der Waals surface area contributed by atoms with Crippen molar-refractivity contribution in [2.75, 3.05) is 11.3 Å². The van der Waals surface area contributed by atoms with Gasteiger partial charge in [0.05, 0.1) is 18.5 Å². The lowest BCUT2D eigenvalue weighted by atomic mass is 10.2. The van der Waals surface area contributed by atoms with E-state index >= 15 is 0 Å². The second kappa shape index (κ2) is 6.98. The fourth-order valence-electron chi connectivity index (χ4n) is 1.80. The molecule has 2 aromatic rings. The Bertz CT molecular complexity index is 749. The van der Waals surface area contributed by atoms with Crippen molar-refractivity contribution < 1.29 is 13.2 Å². The van der Waals surface area contributed by atoms with Gasteiger partial charge in [-0.1, -0.05) is 18.5 Å². The van der Waals surface area contributed by atoms with Crippen LogP contribution in [0.4, 0.5) is 5.69 Å². The minimum Gasteiger partial charge on any atom is -0.492 e. The third kappa shape index (κ3) is 3.90. The van der Waals surface area contributed by atoms with Crippen LogP contribution in [0, 0.1) is 6.92 Å². The van der Waals surface area contributed by atoms with Crippen LogP contribution in [-0.4, -0.2) is 20.0 Å². The average Bonchev–Trinajstić information content (AvgIpc) is 2.48. The summed E-state index contributed by atoms with van der Waals surface area (Å²) in [6.45, 7) is 4.17. The van der Waals surface area contributed by atoms with Crippen molar-refractivity contribution in [1.29, 1.82) is 0 Å². The van der Waals surface area contributed by atoms with Crippen LogP contribution in [0.3, 0.4) is 0 Å². The molecule has 0 atom stereocenters. The lowest BCUT2D eigenvalue weighted by Gasteiger charge is -2.14. The Balaban J connectivity index is 2.42. The number of halogens is 1. The molecule has 0 unspecified atom stereocenters. The van der Waals surface area contributed by atoms with Gasteiger partial charge < -0.3 is 4.74 Å². The molecule has 0 spiro atoms. The van der Waals surface area contributed by atoms with Crippen molar-refractivity contribution in [1.82, 2.24) is 4.98 Å². The van der Waals surface area contributed by atoms with Crippen LogP contribution >= 0.6 is 11.6 Å². The van der Waals surface area contributed by atoms with Crippen molar-refractivity contribution in [3.63, 3.8) is 0 Å². The van der Waals surface area contributed by atoms with E-state index in [1.54, 1.807) is 31.3 Å². The van der Waals surface area contributed by atoms with Crippen molar-refractivity contribution in [2.45, 2.75) is 25.2 Å².